The van der Waals surface area contributed by atoms with E-state index in [0.717, 1.165) is 11.1 Å². The summed E-state index contributed by atoms with van der Waals surface area (Å²) in [5.41, 5.74) is 2.09. The molecule has 0 fully saturated rings. The van der Waals surface area contributed by atoms with Crippen molar-refractivity contribution < 1.29 is 9.53 Å². The quantitative estimate of drug-likeness (QED) is 0.600. The number of halogens is 2. The smallest absolute Gasteiger partial charge is 0.324 e. The fourth-order valence-corrected chi connectivity index (χ4v) is 1.73. The van der Waals surface area contributed by atoms with E-state index < -0.39 is 11.3 Å². The van der Waals surface area contributed by atoms with Crippen molar-refractivity contribution >= 4 is 29.2 Å². The third-order valence-electron chi connectivity index (χ3n) is 2.25. The highest BCUT2D eigenvalue weighted by Gasteiger charge is 2.16. The maximum atomic E-state index is 11.4. The number of carbonyl (C=O) groups excluding carboxylic acids is 1. The number of benzene rings is 1. The molecule has 1 aromatic rings. The van der Waals surface area contributed by atoms with Crippen molar-refractivity contribution in [2.75, 3.05) is 5.88 Å². The molecular formula is C12H14Cl2O2. The van der Waals surface area contributed by atoms with Gasteiger partial charge in [-0.3, -0.25) is 4.79 Å². The molecule has 1 unspecified atom stereocenters. The van der Waals surface area contributed by atoms with E-state index in [4.69, 9.17) is 27.9 Å². The van der Waals surface area contributed by atoms with Gasteiger partial charge in [0.1, 0.15) is 12.0 Å². The van der Waals surface area contributed by atoms with Crippen LogP contribution < -0.4 is 0 Å². The molecule has 0 bridgehead atoms. The Hall–Kier alpha value is -0.730. The van der Waals surface area contributed by atoms with Crippen molar-refractivity contribution in [3.8, 4) is 0 Å². The van der Waals surface area contributed by atoms with Gasteiger partial charge >= 0.3 is 5.97 Å². The van der Waals surface area contributed by atoms with Gasteiger partial charge in [0.25, 0.3) is 0 Å². The zero-order valence-electron chi connectivity index (χ0n) is 9.08. The summed E-state index contributed by atoms with van der Waals surface area (Å²) in [5.74, 6) is -0.0567. The van der Waals surface area contributed by atoms with Crippen LogP contribution >= 0.6 is 23.2 Å². The molecule has 0 radical (unpaired) electrons. The number of hydrogen-bond acceptors (Lipinski definition) is 2. The maximum Gasteiger partial charge on any atom is 0.324 e. The SMILES string of the molecule is Cc1ccccc1COC(=O)C(Cl)CCCl. The van der Waals surface area contributed by atoms with Crippen molar-refractivity contribution in [1.29, 1.82) is 0 Å². The number of rotatable bonds is 5. The van der Waals surface area contributed by atoms with Gasteiger partial charge in [-0.15, -0.1) is 23.2 Å². The topological polar surface area (TPSA) is 26.3 Å². The minimum atomic E-state index is -0.651. The molecule has 4 heteroatoms. The Morgan fingerprint density at radius 3 is 2.75 bits per heavy atom. The number of carbonyl (C=O) groups is 1. The van der Waals surface area contributed by atoms with Crippen LogP contribution in [0.15, 0.2) is 24.3 Å². The fraction of sp³-hybridized carbons (Fsp3) is 0.417. The highest BCUT2D eigenvalue weighted by Crippen LogP contribution is 2.11. The van der Waals surface area contributed by atoms with E-state index in [2.05, 4.69) is 0 Å². The van der Waals surface area contributed by atoms with Crippen LogP contribution in [0, 0.1) is 6.92 Å². The summed E-state index contributed by atoms with van der Waals surface area (Å²) >= 11 is 11.3. The van der Waals surface area contributed by atoms with Gasteiger partial charge in [-0.2, -0.15) is 0 Å². The minimum Gasteiger partial charge on any atom is -0.460 e. The Balaban J connectivity index is 2.46. The molecule has 0 aliphatic carbocycles. The van der Waals surface area contributed by atoms with Crippen LogP contribution in [0.1, 0.15) is 17.5 Å². The first-order valence-electron chi connectivity index (χ1n) is 5.06. The first kappa shape index (κ1) is 13.3. The van der Waals surface area contributed by atoms with Gasteiger partial charge < -0.3 is 4.74 Å². The highest BCUT2D eigenvalue weighted by molar-refractivity contribution is 6.30. The summed E-state index contributed by atoms with van der Waals surface area (Å²) in [6.07, 6.45) is 0.426. The summed E-state index contributed by atoms with van der Waals surface area (Å²) in [7, 11) is 0. The van der Waals surface area contributed by atoms with Crippen molar-refractivity contribution in [3.05, 3.63) is 35.4 Å². The van der Waals surface area contributed by atoms with Gasteiger partial charge in [0.15, 0.2) is 0 Å². The summed E-state index contributed by atoms with van der Waals surface area (Å²) in [5, 5.41) is -0.651. The van der Waals surface area contributed by atoms with Crippen molar-refractivity contribution in [3.63, 3.8) is 0 Å². The molecule has 0 saturated carbocycles. The third-order valence-corrected chi connectivity index (χ3v) is 2.86. The molecule has 0 N–H and O–H groups in total. The van der Waals surface area contributed by atoms with E-state index in [1.807, 2.05) is 31.2 Å². The Morgan fingerprint density at radius 2 is 2.12 bits per heavy atom. The lowest BCUT2D eigenvalue weighted by molar-refractivity contribution is -0.144. The van der Waals surface area contributed by atoms with E-state index in [9.17, 15) is 4.79 Å². The molecule has 1 rings (SSSR count). The van der Waals surface area contributed by atoms with Crippen LogP contribution in [-0.2, 0) is 16.1 Å². The molecule has 1 atom stereocenters. The third kappa shape index (κ3) is 4.03. The van der Waals surface area contributed by atoms with Crippen molar-refractivity contribution in [2.45, 2.75) is 25.3 Å². The first-order chi connectivity index (χ1) is 7.65. The van der Waals surface area contributed by atoms with Gasteiger partial charge in [-0.25, -0.2) is 0 Å². The largest absolute Gasteiger partial charge is 0.460 e. The van der Waals surface area contributed by atoms with Gasteiger partial charge in [0, 0.05) is 5.88 Å². The zero-order valence-corrected chi connectivity index (χ0v) is 10.6. The second-order valence-electron chi connectivity index (χ2n) is 3.48. The number of esters is 1. The van der Waals surface area contributed by atoms with Gasteiger partial charge in [0.2, 0.25) is 0 Å². The summed E-state index contributed by atoms with van der Waals surface area (Å²) in [4.78, 5) is 11.4. The molecular weight excluding hydrogens is 247 g/mol. The fourth-order valence-electron chi connectivity index (χ4n) is 1.22. The molecule has 88 valence electrons. The molecule has 16 heavy (non-hydrogen) atoms. The first-order valence-corrected chi connectivity index (χ1v) is 6.03. The van der Waals surface area contributed by atoms with E-state index in [0.29, 0.717) is 12.3 Å². The lowest BCUT2D eigenvalue weighted by atomic mass is 10.1. The second kappa shape index (κ2) is 6.77. The Kier molecular flexibility index (Phi) is 5.64. The van der Waals surface area contributed by atoms with E-state index in [1.165, 1.54) is 0 Å². The van der Waals surface area contributed by atoms with Crippen LogP contribution in [0.4, 0.5) is 0 Å². The van der Waals surface area contributed by atoms with Crippen LogP contribution in [0.25, 0.3) is 0 Å². The molecule has 2 nitrogen and oxygen atoms in total. The predicted octanol–water partition coefficient (Wildman–Crippen LogP) is 3.27. The van der Waals surface area contributed by atoms with E-state index >= 15 is 0 Å². The van der Waals surface area contributed by atoms with Crippen LogP contribution in [0.2, 0.25) is 0 Å². The van der Waals surface area contributed by atoms with Crippen LogP contribution in [0.5, 0.6) is 0 Å². The average molecular weight is 261 g/mol. The minimum absolute atomic E-state index is 0.261. The summed E-state index contributed by atoms with van der Waals surface area (Å²) < 4.78 is 5.09. The maximum absolute atomic E-state index is 11.4. The zero-order chi connectivity index (χ0) is 12.0. The molecule has 0 aromatic heterocycles. The number of ether oxygens (including phenoxy) is 1. The Bertz CT molecular complexity index is 353. The lowest BCUT2D eigenvalue weighted by Crippen LogP contribution is -2.18. The highest BCUT2D eigenvalue weighted by atomic mass is 35.5. The molecule has 0 amide bonds. The number of alkyl halides is 2. The van der Waals surface area contributed by atoms with Gasteiger partial charge in [-0.05, 0) is 24.5 Å². The Labute approximate surface area is 106 Å². The molecule has 0 aliphatic rings. The predicted molar refractivity (Wildman–Crippen MR) is 66.0 cm³/mol. The van der Waals surface area contributed by atoms with Crippen molar-refractivity contribution in [1.82, 2.24) is 0 Å². The molecule has 1 aromatic carbocycles. The van der Waals surface area contributed by atoms with Crippen LogP contribution in [0.3, 0.4) is 0 Å². The van der Waals surface area contributed by atoms with E-state index in [1.54, 1.807) is 0 Å². The van der Waals surface area contributed by atoms with Crippen LogP contribution in [-0.4, -0.2) is 17.2 Å². The second-order valence-corrected chi connectivity index (χ2v) is 4.38. The standard InChI is InChI=1S/C12H14Cl2O2/c1-9-4-2-3-5-10(9)8-16-12(15)11(14)6-7-13/h2-5,11H,6-8H2,1H3. The summed E-state index contributed by atoms with van der Waals surface area (Å²) in [6, 6.07) is 7.75. The van der Waals surface area contributed by atoms with Gasteiger partial charge in [0.05, 0.1) is 0 Å². The molecule has 0 aliphatic heterocycles. The normalized spacial score (nSPS) is 12.2. The number of aryl methyl sites for hydroxylation is 1. The van der Waals surface area contributed by atoms with E-state index in [-0.39, 0.29) is 6.61 Å². The van der Waals surface area contributed by atoms with Crippen molar-refractivity contribution in [2.24, 2.45) is 0 Å². The molecule has 0 spiro atoms. The Morgan fingerprint density at radius 1 is 1.44 bits per heavy atom. The monoisotopic (exact) mass is 260 g/mol. The summed E-state index contributed by atoms with van der Waals surface area (Å²) in [6.45, 7) is 2.23. The average Bonchev–Trinajstić information content (AvgIpc) is 2.28. The molecule has 0 heterocycles. The number of hydrogen-bond donors (Lipinski definition) is 0. The lowest BCUT2D eigenvalue weighted by Gasteiger charge is -2.09. The van der Waals surface area contributed by atoms with Gasteiger partial charge in [-0.1, -0.05) is 24.3 Å². The molecule has 0 saturated heterocycles.